The highest BCUT2D eigenvalue weighted by Gasteiger charge is 2.14. The van der Waals surface area contributed by atoms with E-state index < -0.39 is 18.1 Å². The molecule has 0 N–H and O–H groups in total. The van der Waals surface area contributed by atoms with E-state index in [0.29, 0.717) is 17.0 Å². The van der Waals surface area contributed by atoms with E-state index in [9.17, 15) is 0 Å². The van der Waals surface area contributed by atoms with Crippen molar-refractivity contribution in [2.75, 3.05) is 0 Å². The Morgan fingerprint density at radius 3 is 1.97 bits per heavy atom. The van der Waals surface area contributed by atoms with Gasteiger partial charge in [0, 0.05) is 11.1 Å². The van der Waals surface area contributed by atoms with E-state index in [2.05, 4.69) is 39.2 Å². The number of benzene rings is 5. The summed E-state index contributed by atoms with van der Waals surface area (Å²) in [6.45, 7) is 0. The number of hydrogen-bond acceptors (Lipinski definition) is 3. The van der Waals surface area contributed by atoms with Gasteiger partial charge in [-0.2, -0.15) is 9.97 Å². The summed E-state index contributed by atoms with van der Waals surface area (Å²) in [6, 6.07) is 27.3. The van der Waals surface area contributed by atoms with Gasteiger partial charge in [0.15, 0.2) is 11.6 Å². The summed E-state index contributed by atoms with van der Waals surface area (Å²) >= 11 is 6.35. The normalized spacial score (nSPS) is 13.0. The first-order chi connectivity index (χ1) is 19.3. The monoisotopic (exact) mass is 474 g/mol. The van der Waals surface area contributed by atoms with Crippen molar-refractivity contribution in [1.82, 2.24) is 15.0 Å². The molecule has 0 fully saturated rings. The Morgan fingerprint density at radius 1 is 0.514 bits per heavy atom. The van der Waals surface area contributed by atoms with Gasteiger partial charge >= 0.3 is 0 Å². The quantitative estimate of drug-likeness (QED) is 0.257. The lowest BCUT2D eigenvalue weighted by atomic mass is 9.97. The second kappa shape index (κ2) is 9.13. The Kier molecular flexibility index (Phi) is 4.26. The molecule has 0 amide bonds. The molecule has 35 heavy (non-hydrogen) atoms. The SMILES string of the molecule is [2H]c1c([2H])c([2H])c(-c2ccccc2-c2nc(Cl)nc(-c3ccc(-c4cccc5ccccc45)cc3)n2)c([2H])c1[2H]. The topological polar surface area (TPSA) is 38.7 Å². The first-order valence-corrected chi connectivity index (χ1v) is 11.4. The van der Waals surface area contributed by atoms with Crippen molar-refractivity contribution >= 4 is 22.4 Å². The molecule has 5 aromatic carbocycles. The highest BCUT2D eigenvalue weighted by Crippen LogP contribution is 2.33. The fourth-order valence-electron chi connectivity index (χ4n) is 4.16. The molecule has 0 bridgehead atoms. The van der Waals surface area contributed by atoms with E-state index >= 15 is 0 Å². The molecule has 0 aliphatic heterocycles. The first kappa shape index (κ1) is 16.3. The minimum atomic E-state index is -0.450. The van der Waals surface area contributed by atoms with Crippen LogP contribution in [0.15, 0.2) is 121 Å². The zero-order valence-electron chi connectivity index (χ0n) is 23.4. The Labute approximate surface area is 215 Å². The van der Waals surface area contributed by atoms with Gasteiger partial charge in [-0.05, 0) is 44.6 Å². The zero-order chi connectivity index (χ0) is 28.0. The molecule has 6 aromatic rings. The molecular weight excluding hydrogens is 450 g/mol. The van der Waals surface area contributed by atoms with Gasteiger partial charge in [-0.1, -0.05) is 121 Å². The first-order valence-electron chi connectivity index (χ1n) is 13.5. The van der Waals surface area contributed by atoms with Gasteiger partial charge < -0.3 is 0 Å². The smallest absolute Gasteiger partial charge is 0.208 e. The summed E-state index contributed by atoms with van der Waals surface area (Å²) in [5.41, 5.74) is 3.84. The van der Waals surface area contributed by atoms with Crippen molar-refractivity contribution < 1.29 is 6.85 Å². The van der Waals surface area contributed by atoms with Crippen LogP contribution >= 0.6 is 11.6 Å². The van der Waals surface area contributed by atoms with Crippen LogP contribution in [0.3, 0.4) is 0 Å². The molecule has 1 aromatic heterocycles. The summed E-state index contributed by atoms with van der Waals surface area (Å²) in [5, 5.41) is 2.30. The predicted octanol–water partition coefficient (Wildman–Crippen LogP) is 8.35. The van der Waals surface area contributed by atoms with Crippen LogP contribution in [0.25, 0.3) is 55.8 Å². The van der Waals surface area contributed by atoms with Crippen molar-refractivity contribution in [3.8, 4) is 45.0 Å². The van der Waals surface area contributed by atoms with Crippen LogP contribution in [0, 0.1) is 0 Å². The van der Waals surface area contributed by atoms with E-state index in [1.807, 2.05) is 42.5 Å². The molecule has 0 spiro atoms. The molecule has 0 aliphatic carbocycles. The lowest BCUT2D eigenvalue weighted by molar-refractivity contribution is 1.07. The van der Waals surface area contributed by atoms with E-state index in [1.54, 1.807) is 24.3 Å². The maximum absolute atomic E-state index is 8.44. The van der Waals surface area contributed by atoms with Gasteiger partial charge in [0.25, 0.3) is 0 Å². The van der Waals surface area contributed by atoms with Gasteiger partial charge in [-0.25, -0.2) is 4.98 Å². The van der Waals surface area contributed by atoms with Crippen LogP contribution in [-0.2, 0) is 0 Å². The fourth-order valence-corrected chi connectivity index (χ4v) is 4.32. The third-order valence-corrected chi connectivity index (χ3v) is 5.96. The summed E-state index contributed by atoms with van der Waals surface area (Å²) in [5.74, 6) is 0.589. The molecule has 6 rings (SSSR count). The van der Waals surface area contributed by atoms with E-state index in [4.69, 9.17) is 18.5 Å². The molecule has 1 heterocycles. The third kappa shape index (κ3) is 4.18. The number of rotatable bonds is 4. The second-order valence-corrected chi connectivity index (χ2v) is 8.24. The maximum atomic E-state index is 8.44. The van der Waals surface area contributed by atoms with Gasteiger partial charge in [0.2, 0.25) is 5.28 Å². The van der Waals surface area contributed by atoms with Crippen LogP contribution in [0.5, 0.6) is 0 Å². The number of halogens is 1. The highest BCUT2D eigenvalue weighted by molar-refractivity contribution is 6.28. The number of hydrogen-bond donors (Lipinski definition) is 0. The van der Waals surface area contributed by atoms with E-state index in [-0.39, 0.29) is 28.8 Å². The zero-order valence-corrected chi connectivity index (χ0v) is 19.1. The average Bonchev–Trinajstić information content (AvgIpc) is 2.99. The lowest BCUT2D eigenvalue weighted by Gasteiger charge is -2.11. The van der Waals surface area contributed by atoms with Gasteiger partial charge in [0.05, 0.1) is 6.85 Å². The van der Waals surface area contributed by atoms with Gasteiger partial charge in [-0.3, -0.25) is 0 Å². The van der Waals surface area contributed by atoms with Crippen molar-refractivity contribution in [2.45, 2.75) is 0 Å². The van der Waals surface area contributed by atoms with Crippen molar-refractivity contribution in [2.24, 2.45) is 0 Å². The molecular formula is C31H20ClN3. The molecule has 0 unspecified atom stereocenters. The molecule has 3 nitrogen and oxygen atoms in total. The molecule has 0 saturated carbocycles. The number of fused-ring (bicyclic) bond motifs is 1. The Morgan fingerprint density at radius 2 is 1.14 bits per heavy atom. The molecule has 4 heteroatoms. The summed E-state index contributed by atoms with van der Waals surface area (Å²) < 4.78 is 41.0. The number of nitrogens with zero attached hydrogens (tertiary/aromatic N) is 3. The Balaban J connectivity index is 1.44. The molecule has 0 saturated heterocycles. The van der Waals surface area contributed by atoms with Crippen LogP contribution < -0.4 is 0 Å². The molecule has 0 atom stereocenters. The van der Waals surface area contributed by atoms with Crippen molar-refractivity contribution in [1.29, 1.82) is 0 Å². The van der Waals surface area contributed by atoms with Crippen molar-refractivity contribution in [3.63, 3.8) is 0 Å². The lowest BCUT2D eigenvalue weighted by Crippen LogP contribution is -1.98. The van der Waals surface area contributed by atoms with E-state index in [1.165, 1.54) is 0 Å². The summed E-state index contributed by atoms with van der Waals surface area (Å²) in [7, 11) is 0. The number of aromatic nitrogens is 3. The van der Waals surface area contributed by atoms with Crippen LogP contribution in [-0.4, -0.2) is 15.0 Å². The third-order valence-electron chi connectivity index (χ3n) is 5.79. The standard InChI is InChI=1S/C31H20ClN3/c32-31-34-29(33-30(35-31)28-15-7-6-14-27(28)21-9-2-1-3-10-21)24-19-17-23(18-20-24)26-16-8-12-22-11-4-5-13-25(22)26/h1-20H/i1D,2D,3D,9D,10D. The van der Waals surface area contributed by atoms with Gasteiger partial charge in [0.1, 0.15) is 0 Å². The predicted molar refractivity (Wildman–Crippen MR) is 144 cm³/mol. The molecule has 0 aliphatic rings. The second-order valence-electron chi connectivity index (χ2n) is 7.90. The summed E-state index contributed by atoms with van der Waals surface area (Å²) in [6.07, 6.45) is 0. The Bertz CT molecular complexity index is 1890. The van der Waals surface area contributed by atoms with Crippen LogP contribution in [0.1, 0.15) is 6.85 Å². The van der Waals surface area contributed by atoms with Crippen LogP contribution in [0.4, 0.5) is 0 Å². The van der Waals surface area contributed by atoms with Crippen molar-refractivity contribution in [3.05, 3.63) is 126 Å². The van der Waals surface area contributed by atoms with Crippen LogP contribution in [0.2, 0.25) is 5.28 Å². The van der Waals surface area contributed by atoms with Gasteiger partial charge in [-0.15, -0.1) is 0 Å². The minimum absolute atomic E-state index is 0.0194. The van der Waals surface area contributed by atoms with E-state index in [0.717, 1.165) is 27.5 Å². The largest absolute Gasteiger partial charge is 0.226 e. The highest BCUT2D eigenvalue weighted by atomic mass is 35.5. The molecule has 166 valence electrons. The maximum Gasteiger partial charge on any atom is 0.226 e. The average molecular weight is 475 g/mol. The Hall–Kier alpha value is -4.34. The summed E-state index contributed by atoms with van der Waals surface area (Å²) in [4.78, 5) is 13.3. The molecule has 0 radical (unpaired) electrons. The fraction of sp³-hybridized carbons (Fsp3) is 0. The minimum Gasteiger partial charge on any atom is -0.208 e.